The number of benzene rings is 1. The molecule has 8 nitrogen and oxygen atoms in total. The van der Waals surface area contributed by atoms with E-state index in [-0.39, 0.29) is 23.2 Å². The molecule has 0 aromatic heterocycles. The monoisotopic (exact) mass is 363 g/mol. The molecule has 1 aromatic carbocycles. The molecule has 1 aromatic rings. The summed E-state index contributed by atoms with van der Waals surface area (Å²) in [5, 5.41) is 13.8. The summed E-state index contributed by atoms with van der Waals surface area (Å²) < 4.78 is 5.11. The first-order valence-electron chi connectivity index (χ1n) is 8.79. The average molecular weight is 363 g/mol. The first-order valence-corrected chi connectivity index (χ1v) is 8.79. The summed E-state index contributed by atoms with van der Waals surface area (Å²) in [5.41, 5.74) is 0.539. The Morgan fingerprint density at radius 3 is 2.50 bits per heavy atom. The summed E-state index contributed by atoms with van der Waals surface area (Å²) in [4.78, 5) is 36.9. The number of carbonyl (C=O) groups is 2. The van der Waals surface area contributed by atoms with Gasteiger partial charge in [-0.15, -0.1) is 0 Å². The van der Waals surface area contributed by atoms with Gasteiger partial charge in [0.15, 0.2) is 6.61 Å². The van der Waals surface area contributed by atoms with Crippen LogP contribution in [0, 0.1) is 16.0 Å². The lowest BCUT2D eigenvalue weighted by atomic mass is 10.1. The summed E-state index contributed by atoms with van der Waals surface area (Å²) in [7, 11) is 0. The topological polar surface area (TPSA) is 102 Å². The van der Waals surface area contributed by atoms with E-state index >= 15 is 0 Å². The minimum Gasteiger partial charge on any atom is -0.452 e. The van der Waals surface area contributed by atoms with Gasteiger partial charge in [0, 0.05) is 31.3 Å². The number of rotatable bonds is 7. The molecule has 1 saturated heterocycles. The zero-order chi connectivity index (χ0) is 19.3. The van der Waals surface area contributed by atoms with Gasteiger partial charge in [-0.1, -0.05) is 13.8 Å². The fraction of sp³-hybridized carbons (Fsp3) is 0.556. The van der Waals surface area contributed by atoms with E-state index in [0.29, 0.717) is 5.69 Å². The molecule has 1 amide bonds. The van der Waals surface area contributed by atoms with Crippen LogP contribution in [-0.4, -0.2) is 42.5 Å². The smallest absolute Gasteiger partial charge is 0.341 e. The van der Waals surface area contributed by atoms with Crippen LogP contribution in [-0.2, 0) is 9.53 Å². The van der Waals surface area contributed by atoms with E-state index in [1.807, 2.05) is 25.7 Å². The lowest BCUT2D eigenvalue weighted by molar-refractivity contribution is -0.384. The van der Waals surface area contributed by atoms with Crippen LogP contribution < -0.4 is 10.2 Å². The molecule has 142 valence electrons. The average Bonchev–Trinajstić information content (AvgIpc) is 3.13. The first-order chi connectivity index (χ1) is 12.3. The van der Waals surface area contributed by atoms with Crippen LogP contribution in [0.3, 0.4) is 0 Å². The predicted molar refractivity (Wildman–Crippen MR) is 97.3 cm³/mol. The fourth-order valence-electron chi connectivity index (χ4n) is 2.71. The number of nitrogens with zero attached hydrogens (tertiary/aromatic N) is 2. The van der Waals surface area contributed by atoms with E-state index in [0.717, 1.165) is 25.9 Å². The minimum atomic E-state index is -0.733. The molecule has 0 unspecified atom stereocenters. The molecule has 0 spiro atoms. The Morgan fingerprint density at radius 1 is 1.27 bits per heavy atom. The highest BCUT2D eigenvalue weighted by Gasteiger charge is 2.24. The molecular weight excluding hydrogens is 338 g/mol. The molecule has 1 atom stereocenters. The number of carbonyl (C=O) groups excluding carboxylic acids is 2. The van der Waals surface area contributed by atoms with Crippen molar-refractivity contribution in [3.05, 3.63) is 33.9 Å². The predicted octanol–water partition coefficient (Wildman–Crippen LogP) is 2.51. The fourth-order valence-corrected chi connectivity index (χ4v) is 2.71. The van der Waals surface area contributed by atoms with Crippen LogP contribution in [0.2, 0.25) is 0 Å². The Bertz CT molecular complexity index is 683. The second-order valence-electron chi connectivity index (χ2n) is 6.83. The molecule has 1 fully saturated rings. The number of nitrogens with one attached hydrogen (secondary N) is 1. The van der Waals surface area contributed by atoms with Crippen LogP contribution in [0.1, 0.15) is 44.0 Å². The van der Waals surface area contributed by atoms with Crippen molar-refractivity contribution in [2.24, 2.45) is 5.92 Å². The molecule has 0 radical (unpaired) electrons. The Balaban J connectivity index is 2.11. The van der Waals surface area contributed by atoms with E-state index in [1.165, 1.54) is 12.1 Å². The van der Waals surface area contributed by atoms with Crippen molar-refractivity contribution in [3.63, 3.8) is 0 Å². The SMILES string of the molecule is CC(C)[C@H](C)NC(=O)COC(=O)c1cc([N+](=O)[O-])ccc1N1CCCC1. The Morgan fingerprint density at radius 2 is 1.92 bits per heavy atom. The highest BCUT2D eigenvalue weighted by Crippen LogP contribution is 2.28. The van der Waals surface area contributed by atoms with Gasteiger partial charge in [-0.3, -0.25) is 14.9 Å². The largest absolute Gasteiger partial charge is 0.452 e. The summed E-state index contributed by atoms with van der Waals surface area (Å²) >= 11 is 0. The van der Waals surface area contributed by atoms with Crippen LogP contribution >= 0.6 is 0 Å². The first kappa shape index (κ1) is 19.7. The van der Waals surface area contributed by atoms with E-state index in [2.05, 4.69) is 5.32 Å². The van der Waals surface area contributed by atoms with Crippen LogP contribution in [0.4, 0.5) is 11.4 Å². The molecule has 0 saturated carbocycles. The van der Waals surface area contributed by atoms with Crippen LogP contribution in [0.5, 0.6) is 0 Å². The van der Waals surface area contributed by atoms with Gasteiger partial charge in [0.05, 0.1) is 16.2 Å². The molecule has 1 aliphatic rings. The van der Waals surface area contributed by atoms with Gasteiger partial charge in [-0.25, -0.2) is 4.79 Å². The Labute approximate surface area is 152 Å². The number of amides is 1. The lowest BCUT2D eigenvalue weighted by Crippen LogP contribution is -2.38. The third-order valence-corrected chi connectivity index (χ3v) is 4.58. The van der Waals surface area contributed by atoms with Gasteiger partial charge in [-0.2, -0.15) is 0 Å². The summed E-state index contributed by atoms with van der Waals surface area (Å²) in [6, 6.07) is 4.12. The van der Waals surface area contributed by atoms with Gasteiger partial charge in [0.2, 0.25) is 0 Å². The third kappa shape index (κ3) is 4.93. The van der Waals surface area contributed by atoms with Gasteiger partial charge in [-0.05, 0) is 31.7 Å². The normalized spacial score (nSPS) is 15.0. The number of hydrogen-bond acceptors (Lipinski definition) is 6. The molecule has 1 aliphatic heterocycles. The summed E-state index contributed by atoms with van der Waals surface area (Å²) in [6.07, 6.45) is 2.00. The molecule has 1 N–H and O–H groups in total. The maximum absolute atomic E-state index is 12.5. The highest BCUT2D eigenvalue weighted by atomic mass is 16.6. The third-order valence-electron chi connectivity index (χ3n) is 4.58. The quantitative estimate of drug-likeness (QED) is 0.454. The van der Waals surface area contributed by atoms with Crippen molar-refractivity contribution in [1.82, 2.24) is 5.32 Å². The lowest BCUT2D eigenvalue weighted by Gasteiger charge is -2.21. The van der Waals surface area contributed by atoms with E-state index < -0.39 is 23.4 Å². The molecule has 26 heavy (non-hydrogen) atoms. The van der Waals surface area contributed by atoms with Crippen molar-refractivity contribution < 1.29 is 19.2 Å². The van der Waals surface area contributed by atoms with Crippen molar-refractivity contribution in [2.45, 2.75) is 39.7 Å². The summed E-state index contributed by atoms with van der Waals surface area (Å²) in [5.74, 6) is -0.871. The second-order valence-corrected chi connectivity index (χ2v) is 6.83. The molecular formula is C18H25N3O5. The van der Waals surface area contributed by atoms with Gasteiger partial charge in [0.1, 0.15) is 0 Å². The van der Waals surface area contributed by atoms with E-state index in [4.69, 9.17) is 4.74 Å². The highest BCUT2D eigenvalue weighted by molar-refractivity contribution is 5.97. The standard InChI is InChI=1S/C18H25N3O5/c1-12(2)13(3)19-17(22)11-26-18(23)15-10-14(21(24)25)6-7-16(15)20-8-4-5-9-20/h6-7,10,12-13H,4-5,8-9,11H2,1-3H3,(H,19,22)/t13-/m0/s1. The number of esters is 1. The van der Waals surface area contributed by atoms with Gasteiger partial charge in [0.25, 0.3) is 11.6 Å². The molecule has 0 bridgehead atoms. The van der Waals surface area contributed by atoms with Gasteiger partial charge < -0.3 is 15.0 Å². The van der Waals surface area contributed by atoms with Gasteiger partial charge >= 0.3 is 5.97 Å². The van der Waals surface area contributed by atoms with Crippen LogP contribution in [0.15, 0.2) is 18.2 Å². The number of anilines is 1. The van der Waals surface area contributed by atoms with Crippen molar-refractivity contribution in [1.29, 1.82) is 0 Å². The van der Waals surface area contributed by atoms with Crippen molar-refractivity contribution >= 4 is 23.3 Å². The number of ether oxygens (including phenoxy) is 1. The van der Waals surface area contributed by atoms with Crippen LogP contribution in [0.25, 0.3) is 0 Å². The summed E-state index contributed by atoms with van der Waals surface area (Å²) in [6.45, 7) is 6.97. The maximum atomic E-state index is 12.5. The van der Waals surface area contributed by atoms with E-state index in [9.17, 15) is 19.7 Å². The second kappa shape index (κ2) is 8.64. The van der Waals surface area contributed by atoms with Crippen molar-refractivity contribution in [3.8, 4) is 0 Å². The number of hydrogen-bond donors (Lipinski definition) is 1. The number of non-ortho nitro benzene ring substituents is 1. The van der Waals surface area contributed by atoms with Crippen molar-refractivity contribution in [2.75, 3.05) is 24.6 Å². The molecule has 8 heteroatoms. The molecule has 0 aliphatic carbocycles. The molecule has 2 rings (SSSR count). The Hall–Kier alpha value is -2.64. The maximum Gasteiger partial charge on any atom is 0.341 e. The zero-order valence-electron chi connectivity index (χ0n) is 15.4. The van der Waals surface area contributed by atoms with E-state index in [1.54, 1.807) is 6.07 Å². The Kier molecular flexibility index (Phi) is 6.54. The number of nitro groups is 1. The number of nitro benzene ring substituents is 1. The minimum absolute atomic E-state index is 0.0424. The zero-order valence-corrected chi connectivity index (χ0v) is 15.4. The molecule has 1 heterocycles.